The van der Waals surface area contributed by atoms with Gasteiger partial charge in [-0.15, -0.1) is 0 Å². The Labute approximate surface area is 160 Å². The van der Waals surface area contributed by atoms with Crippen LogP contribution in [0.15, 0.2) is 0 Å². The van der Waals surface area contributed by atoms with E-state index >= 15 is 0 Å². The first-order valence-electron chi connectivity index (χ1n) is 8.21. The molecular formula is C15H29N3O6S2. The molecule has 0 spiro atoms. The predicted molar refractivity (Wildman–Crippen MR) is 100 cm³/mol. The molecule has 0 aromatic rings. The van der Waals surface area contributed by atoms with Crippen molar-refractivity contribution < 1.29 is 27.5 Å². The van der Waals surface area contributed by atoms with Gasteiger partial charge in [0.25, 0.3) is 0 Å². The van der Waals surface area contributed by atoms with Gasteiger partial charge in [-0.25, -0.2) is 14.7 Å². The number of likely N-dealkylation sites (tertiary alicyclic amines) is 1. The molecule has 26 heavy (non-hydrogen) atoms. The molecule has 1 rings (SSSR count). The van der Waals surface area contributed by atoms with Crippen LogP contribution in [0, 0.1) is 0 Å². The monoisotopic (exact) mass is 411 g/mol. The highest BCUT2D eigenvalue weighted by atomic mass is 32.2. The zero-order chi connectivity index (χ0) is 20.5. The Morgan fingerprint density at radius 3 is 2.08 bits per heavy atom. The van der Waals surface area contributed by atoms with Crippen LogP contribution >= 0.6 is 12.6 Å². The summed E-state index contributed by atoms with van der Waals surface area (Å²) < 4.78 is 34.7. The molecule has 1 aliphatic rings. The van der Waals surface area contributed by atoms with E-state index in [9.17, 15) is 18.0 Å². The van der Waals surface area contributed by atoms with Crippen LogP contribution in [0.25, 0.3) is 0 Å². The van der Waals surface area contributed by atoms with E-state index in [1.165, 1.54) is 4.90 Å². The maximum atomic E-state index is 12.4. The van der Waals surface area contributed by atoms with Crippen LogP contribution in [0.1, 0.15) is 48.0 Å². The number of amides is 2. The first kappa shape index (κ1) is 22.8. The Balaban J connectivity index is 3.01. The second kappa shape index (κ2) is 7.81. The summed E-state index contributed by atoms with van der Waals surface area (Å²) in [5.74, 6) is 0. The Bertz CT molecular complexity index is 639. The average Bonchev–Trinajstić information content (AvgIpc) is 2.71. The topological polar surface area (TPSA) is 119 Å². The van der Waals surface area contributed by atoms with Gasteiger partial charge in [0.1, 0.15) is 11.2 Å². The highest BCUT2D eigenvalue weighted by molar-refractivity contribution is 7.87. The Kier molecular flexibility index (Phi) is 6.86. The third-order valence-corrected chi connectivity index (χ3v) is 4.59. The summed E-state index contributed by atoms with van der Waals surface area (Å²) in [5, 5.41) is 5.01. The van der Waals surface area contributed by atoms with Gasteiger partial charge in [0.2, 0.25) is 0 Å². The number of carbonyl (C=O) groups is 2. The lowest BCUT2D eigenvalue weighted by Crippen LogP contribution is -2.51. The smallest absolute Gasteiger partial charge is 0.425 e. The molecule has 0 bridgehead atoms. The molecule has 1 fully saturated rings. The molecule has 0 saturated carbocycles. The largest absolute Gasteiger partial charge is 0.444 e. The van der Waals surface area contributed by atoms with Crippen molar-refractivity contribution in [2.24, 2.45) is 5.14 Å². The van der Waals surface area contributed by atoms with Gasteiger partial charge in [0, 0.05) is 11.8 Å². The molecule has 0 aliphatic carbocycles. The number of thiol groups is 1. The SMILES string of the molecule is CC(C)(C)OC(=O)N1CC(S)CC1CN(C(=O)OC(C)(C)C)S(N)(=O)=O. The second-order valence-electron chi connectivity index (χ2n) is 8.23. The number of hydrogen-bond acceptors (Lipinski definition) is 7. The average molecular weight is 412 g/mol. The van der Waals surface area contributed by atoms with Gasteiger partial charge in [-0.2, -0.15) is 25.4 Å². The number of rotatable bonds is 3. The second-order valence-corrected chi connectivity index (χ2v) is 10.4. The Morgan fingerprint density at radius 2 is 1.65 bits per heavy atom. The quantitative estimate of drug-likeness (QED) is 0.683. The summed E-state index contributed by atoms with van der Waals surface area (Å²) in [7, 11) is -4.37. The zero-order valence-corrected chi connectivity index (χ0v) is 17.8. The van der Waals surface area contributed by atoms with Crippen molar-refractivity contribution in [3.63, 3.8) is 0 Å². The number of ether oxygens (including phenoxy) is 2. The maximum Gasteiger partial charge on any atom is 0.425 e. The van der Waals surface area contributed by atoms with E-state index in [0.29, 0.717) is 10.7 Å². The molecule has 1 saturated heterocycles. The fourth-order valence-electron chi connectivity index (χ4n) is 2.40. The normalized spacial score (nSPS) is 21.5. The molecule has 0 aromatic heterocycles. The van der Waals surface area contributed by atoms with E-state index in [0.717, 1.165) is 0 Å². The van der Waals surface area contributed by atoms with E-state index in [1.807, 2.05) is 0 Å². The molecule has 9 nitrogen and oxygen atoms in total. The first-order chi connectivity index (χ1) is 11.5. The van der Waals surface area contributed by atoms with Gasteiger partial charge in [-0.05, 0) is 48.0 Å². The molecule has 1 aliphatic heterocycles. The van der Waals surface area contributed by atoms with Gasteiger partial charge in [0.05, 0.1) is 12.6 Å². The van der Waals surface area contributed by atoms with Crippen molar-refractivity contribution in [1.29, 1.82) is 0 Å². The minimum absolute atomic E-state index is 0.173. The minimum Gasteiger partial charge on any atom is -0.444 e. The molecule has 152 valence electrons. The fraction of sp³-hybridized carbons (Fsp3) is 0.867. The number of nitrogens with two attached hydrogens (primary N) is 1. The third-order valence-electron chi connectivity index (χ3n) is 3.30. The van der Waals surface area contributed by atoms with Gasteiger partial charge < -0.3 is 14.4 Å². The van der Waals surface area contributed by atoms with Gasteiger partial charge >= 0.3 is 22.4 Å². The van der Waals surface area contributed by atoms with Crippen LogP contribution < -0.4 is 5.14 Å². The molecular weight excluding hydrogens is 382 g/mol. The standard InChI is InChI=1S/C15H29N3O6S2/c1-14(2,3)23-12(19)17-9-11(25)7-10(17)8-18(26(16,21)22)13(20)24-15(4,5)6/h10-11,25H,7-9H2,1-6H3,(H2,16,21,22). The van der Waals surface area contributed by atoms with E-state index in [1.54, 1.807) is 41.5 Å². The summed E-state index contributed by atoms with van der Waals surface area (Å²) in [6, 6.07) is -0.613. The van der Waals surface area contributed by atoms with Crippen LogP contribution in [-0.2, 0) is 19.7 Å². The van der Waals surface area contributed by atoms with Gasteiger partial charge in [-0.3, -0.25) is 0 Å². The lowest BCUT2D eigenvalue weighted by Gasteiger charge is -2.32. The zero-order valence-electron chi connectivity index (χ0n) is 16.1. The van der Waals surface area contributed by atoms with Crippen molar-refractivity contribution >= 4 is 35.0 Å². The predicted octanol–water partition coefficient (Wildman–Crippen LogP) is 1.73. The van der Waals surface area contributed by atoms with Crippen molar-refractivity contribution in [3.05, 3.63) is 0 Å². The first-order valence-corrected chi connectivity index (χ1v) is 10.2. The highest BCUT2D eigenvalue weighted by Gasteiger charge is 2.40. The molecule has 11 heteroatoms. The number of nitrogens with zero attached hydrogens (tertiary/aromatic N) is 2. The molecule has 2 N–H and O–H groups in total. The summed E-state index contributed by atoms with van der Waals surface area (Å²) in [6.45, 7) is 9.96. The van der Waals surface area contributed by atoms with Crippen molar-refractivity contribution in [2.45, 2.75) is 70.5 Å². The third kappa shape index (κ3) is 7.20. The van der Waals surface area contributed by atoms with Crippen LogP contribution in [-0.4, -0.2) is 65.4 Å². The van der Waals surface area contributed by atoms with E-state index in [2.05, 4.69) is 12.6 Å². The van der Waals surface area contributed by atoms with Crippen LogP contribution in [0.2, 0.25) is 0 Å². The summed E-state index contributed by atoms with van der Waals surface area (Å²) in [6.07, 6.45) is -1.30. The van der Waals surface area contributed by atoms with E-state index in [4.69, 9.17) is 14.6 Å². The van der Waals surface area contributed by atoms with Gasteiger partial charge in [-0.1, -0.05) is 0 Å². The number of carbonyl (C=O) groups excluding carboxylic acids is 2. The highest BCUT2D eigenvalue weighted by Crippen LogP contribution is 2.26. The van der Waals surface area contributed by atoms with Crippen molar-refractivity contribution in [3.8, 4) is 0 Å². The Morgan fingerprint density at radius 1 is 1.15 bits per heavy atom. The lowest BCUT2D eigenvalue weighted by atomic mass is 10.2. The molecule has 0 aromatic carbocycles. The van der Waals surface area contributed by atoms with Gasteiger partial charge in [0.15, 0.2) is 0 Å². The molecule has 2 atom stereocenters. The van der Waals surface area contributed by atoms with Crippen LogP contribution in [0.5, 0.6) is 0 Å². The van der Waals surface area contributed by atoms with E-state index in [-0.39, 0.29) is 18.3 Å². The maximum absolute atomic E-state index is 12.4. The van der Waals surface area contributed by atoms with Crippen molar-refractivity contribution in [2.75, 3.05) is 13.1 Å². The van der Waals surface area contributed by atoms with E-state index < -0.39 is 39.6 Å². The summed E-state index contributed by atoms with van der Waals surface area (Å²) in [4.78, 5) is 26.0. The lowest BCUT2D eigenvalue weighted by molar-refractivity contribution is 0.0168. The Hall–Kier alpha value is -1.20. The summed E-state index contributed by atoms with van der Waals surface area (Å²) in [5.41, 5.74) is -1.60. The molecule has 0 radical (unpaired) electrons. The van der Waals surface area contributed by atoms with Crippen molar-refractivity contribution in [1.82, 2.24) is 9.21 Å². The van der Waals surface area contributed by atoms with Crippen LogP contribution in [0.4, 0.5) is 9.59 Å². The fourth-order valence-corrected chi connectivity index (χ4v) is 3.44. The molecule has 1 heterocycles. The van der Waals surface area contributed by atoms with Crippen LogP contribution in [0.3, 0.4) is 0 Å². The summed E-state index contributed by atoms with van der Waals surface area (Å²) >= 11 is 4.37. The minimum atomic E-state index is -4.37. The molecule has 2 unspecified atom stereocenters. The molecule has 2 amide bonds. The number of hydrogen-bond donors (Lipinski definition) is 2.